The average Bonchev–Trinajstić information content (AvgIpc) is 3.35. The lowest BCUT2D eigenvalue weighted by Gasteiger charge is -2.42. The number of ether oxygens (including phenoxy) is 2. The van der Waals surface area contributed by atoms with Crippen molar-refractivity contribution in [3.8, 4) is 11.5 Å². The Balaban J connectivity index is 1.24. The second-order valence-corrected chi connectivity index (χ2v) is 9.21. The maximum absolute atomic E-state index is 13.5. The second-order valence-electron chi connectivity index (χ2n) is 9.21. The number of hydrogen-bond acceptors (Lipinski definition) is 6. The summed E-state index contributed by atoms with van der Waals surface area (Å²) in [6.07, 6.45) is 5.59. The van der Waals surface area contributed by atoms with Gasteiger partial charge in [0.1, 0.15) is 30.2 Å². The lowest BCUT2D eigenvalue weighted by Crippen LogP contribution is -2.49. The molecule has 3 atom stereocenters. The number of aromatic nitrogens is 1. The van der Waals surface area contributed by atoms with Gasteiger partial charge in [-0.15, -0.1) is 0 Å². The Morgan fingerprint density at radius 3 is 2.73 bits per heavy atom. The minimum absolute atomic E-state index is 0.271. The van der Waals surface area contributed by atoms with Crippen molar-refractivity contribution in [3.05, 3.63) is 53.5 Å². The normalized spacial score (nSPS) is 23.5. The van der Waals surface area contributed by atoms with Crippen molar-refractivity contribution < 1.29 is 23.2 Å². The molecule has 5 rings (SSSR count). The van der Waals surface area contributed by atoms with Crippen LogP contribution in [0.3, 0.4) is 0 Å². The SMILES string of the molecule is COc1cc(OCC(C)N2C3CCC2CC(c2noc4cc(F)ccc24)C3)ccc1CC=O. The van der Waals surface area contributed by atoms with E-state index in [0.29, 0.717) is 42.4 Å². The molecule has 2 saturated heterocycles. The van der Waals surface area contributed by atoms with Crippen LogP contribution in [0.1, 0.15) is 49.8 Å². The molecule has 3 aromatic rings. The molecule has 2 fully saturated rings. The van der Waals surface area contributed by atoms with Crippen LogP contribution >= 0.6 is 0 Å². The van der Waals surface area contributed by atoms with Crippen LogP contribution in [0.25, 0.3) is 11.0 Å². The van der Waals surface area contributed by atoms with Gasteiger partial charge in [0, 0.05) is 53.5 Å². The van der Waals surface area contributed by atoms with Crippen LogP contribution in [0.15, 0.2) is 40.9 Å². The number of nitrogens with zero attached hydrogens (tertiary/aromatic N) is 2. The number of carbonyl (C=O) groups excluding carboxylic acids is 1. The maximum Gasteiger partial charge on any atom is 0.170 e. The number of piperidine rings is 1. The fourth-order valence-corrected chi connectivity index (χ4v) is 5.76. The number of carbonyl (C=O) groups is 1. The molecular weight excluding hydrogens is 423 g/mol. The highest BCUT2D eigenvalue weighted by molar-refractivity contribution is 5.80. The summed E-state index contributed by atoms with van der Waals surface area (Å²) in [5.41, 5.74) is 2.35. The van der Waals surface area contributed by atoms with Crippen molar-refractivity contribution in [3.63, 3.8) is 0 Å². The van der Waals surface area contributed by atoms with E-state index >= 15 is 0 Å². The highest BCUT2D eigenvalue weighted by atomic mass is 19.1. The van der Waals surface area contributed by atoms with Crippen LogP contribution in [-0.4, -0.2) is 48.2 Å². The molecule has 7 heteroatoms. The smallest absolute Gasteiger partial charge is 0.170 e. The third kappa shape index (κ3) is 4.22. The van der Waals surface area contributed by atoms with E-state index in [0.717, 1.165) is 41.5 Å². The third-order valence-corrected chi connectivity index (χ3v) is 7.20. The van der Waals surface area contributed by atoms with Crippen LogP contribution in [0.5, 0.6) is 11.5 Å². The van der Waals surface area contributed by atoms with Gasteiger partial charge in [0.2, 0.25) is 0 Å². The van der Waals surface area contributed by atoms with Gasteiger partial charge in [-0.05, 0) is 50.8 Å². The van der Waals surface area contributed by atoms with E-state index < -0.39 is 0 Å². The van der Waals surface area contributed by atoms with E-state index in [2.05, 4.69) is 17.0 Å². The highest BCUT2D eigenvalue weighted by Crippen LogP contribution is 2.45. The zero-order valence-corrected chi connectivity index (χ0v) is 19.0. The van der Waals surface area contributed by atoms with E-state index in [9.17, 15) is 9.18 Å². The Morgan fingerprint density at radius 2 is 2.00 bits per heavy atom. The van der Waals surface area contributed by atoms with Crippen LogP contribution in [0, 0.1) is 5.82 Å². The van der Waals surface area contributed by atoms with Gasteiger partial charge in [-0.1, -0.05) is 11.2 Å². The lowest BCUT2D eigenvalue weighted by atomic mass is 9.86. The van der Waals surface area contributed by atoms with Gasteiger partial charge in [0.05, 0.1) is 12.8 Å². The molecule has 0 saturated carbocycles. The number of benzene rings is 2. The average molecular weight is 453 g/mol. The summed E-state index contributed by atoms with van der Waals surface area (Å²) >= 11 is 0. The van der Waals surface area contributed by atoms with E-state index in [-0.39, 0.29) is 11.9 Å². The van der Waals surface area contributed by atoms with E-state index in [1.807, 2.05) is 18.2 Å². The summed E-state index contributed by atoms with van der Waals surface area (Å²) in [5.74, 6) is 1.45. The zero-order chi connectivity index (χ0) is 22.9. The van der Waals surface area contributed by atoms with Crippen molar-refractivity contribution in [1.82, 2.24) is 10.1 Å². The number of aldehydes is 1. The predicted octanol–water partition coefficient (Wildman–Crippen LogP) is 4.89. The summed E-state index contributed by atoms with van der Waals surface area (Å²) in [6, 6.07) is 11.5. The van der Waals surface area contributed by atoms with Crippen LogP contribution in [0.2, 0.25) is 0 Å². The van der Waals surface area contributed by atoms with E-state index in [4.69, 9.17) is 14.0 Å². The Labute approximate surface area is 192 Å². The number of hydrogen-bond donors (Lipinski definition) is 0. The summed E-state index contributed by atoms with van der Waals surface area (Å²) in [6.45, 7) is 2.80. The van der Waals surface area contributed by atoms with Crippen molar-refractivity contribution in [1.29, 1.82) is 0 Å². The molecule has 0 N–H and O–H groups in total. The van der Waals surface area contributed by atoms with Gasteiger partial charge in [-0.25, -0.2) is 4.39 Å². The van der Waals surface area contributed by atoms with E-state index in [1.165, 1.54) is 25.0 Å². The number of fused-ring (bicyclic) bond motifs is 3. The molecule has 2 aromatic carbocycles. The molecule has 0 radical (unpaired) electrons. The molecule has 6 nitrogen and oxygen atoms in total. The van der Waals surface area contributed by atoms with Gasteiger partial charge in [0.25, 0.3) is 0 Å². The maximum atomic E-state index is 13.5. The molecule has 174 valence electrons. The van der Waals surface area contributed by atoms with Gasteiger partial charge >= 0.3 is 0 Å². The number of methoxy groups -OCH3 is 1. The molecule has 2 aliphatic heterocycles. The first-order chi connectivity index (χ1) is 16.1. The largest absolute Gasteiger partial charge is 0.496 e. The van der Waals surface area contributed by atoms with Crippen LogP contribution < -0.4 is 9.47 Å². The standard InChI is InChI=1S/C26H29FN2O4/c1-16(15-32-22-7-3-17(9-10-30)24(14-22)31-2)29-20-5-6-21(29)12-18(11-20)26-23-8-4-19(27)13-25(23)33-28-26/h3-4,7-8,10,13-14,16,18,20-21H,5-6,9,11-12,15H2,1-2H3. The third-order valence-electron chi connectivity index (χ3n) is 7.20. The Kier molecular flexibility index (Phi) is 6.06. The van der Waals surface area contributed by atoms with Crippen molar-refractivity contribution in [2.24, 2.45) is 0 Å². The lowest BCUT2D eigenvalue weighted by molar-refractivity contribution is -0.107. The number of halogens is 1. The molecule has 2 aliphatic rings. The van der Waals surface area contributed by atoms with Crippen LogP contribution in [0.4, 0.5) is 4.39 Å². The highest BCUT2D eigenvalue weighted by Gasteiger charge is 2.44. The Hall–Kier alpha value is -2.93. The monoisotopic (exact) mass is 452 g/mol. The molecule has 1 aromatic heterocycles. The molecule has 0 aliphatic carbocycles. The van der Waals surface area contributed by atoms with Gasteiger partial charge in [-0.3, -0.25) is 4.90 Å². The first kappa shape index (κ1) is 21.9. The molecule has 0 spiro atoms. The van der Waals surface area contributed by atoms with Crippen molar-refractivity contribution in [2.75, 3.05) is 13.7 Å². The van der Waals surface area contributed by atoms with Crippen molar-refractivity contribution >= 4 is 17.3 Å². The molecule has 0 amide bonds. The first-order valence-corrected chi connectivity index (χ1v) is 11.6. The minimum Gasteiger partial charge on any atom is -0.496 e. The zero-order valence-electron chi connectivity index (χ0n) is 19.0. The van der Waals surface area contributed by atoms with Gasteiger partial charge < -0.3 is 18.8 Å². The number of rotatable bonds is 8. The van der Waals surface area contributed by atoms with Gasteiger partial charge in [0.15, 0.2) is 5.58 Å². The first-order valence-electron chi connectivity index (χ1n) is 11.6. The Morgan fingerprint density at radius 1 is 1.21 bits per heavy atom. The van der Waals surface area contributed by atoms with E-state index in [1.54, 1.807) is 13.2 Å². The minimum atomic E-state index is -0.301. The second kappa shape index (κ2) is 9.14. The molecular formula is C26H29FN2O4. The molecule has 3 heterocycles. The molecule has 33 heavy (non-hydrogen) atoms. The van der Waals surface area contributed by atoms with Crippen LogP contribution in [-0.2, 0) is 11.2 Å². The quantitative estimate of drug-likeness (QED) is 0.453. The summed E-state index contributed by atoms with van der Waals surface area (Å²) in [7, 11) is 1.60. The van der Waals surface area contributed by atoms with Gasteiger partial charge in [-0.2, -0.15) is 0 Å². The Bertz CT molecular complexity index is 1130. The predicted molar refractivity (Wildman–Crippen MR) is 122 cm³/mol. The fourth-order valence-electron chi connectivity index (χ4n) is 5.76. The summed E-state index contributed by atoms with van der Waals surface area (Å²) in [4.78, 5) is 13.5. The molecule has 3 unspecified atom stereocenters. The van der Waals surface area contributed by atoms with Crippen molar-refractivity contribution in [2.45, 2.75) is 63.1 Å². The fraction of sp³-hybridized carbons (Fsp3) is 0.462. The topological polar surface area (TPSA) is 64.8 Å². The summed E-state index contributed by atoms with van der Waals surface area (Å²) < 4.78 is 30.5. The summed E-state index contributed by atoms with van der Waals surface area (Å²) in [5, 5.41) is 5.25. The molecule has 2 bridgehead atoms.